The van der Waals surface area contributed by atoms with Gasteiger partial charge in [0.1, 0.15) is 0 Å². The van der Waals surface area contributed by atoms with E-state index < -0.39 is 0 Å². The number of nitrogens with one attached hydrogen (secondary N) is 2. The van der Waals surface area contributed by atoms with E-state index in [0.717, 1.165) is 25.7 Å². The van der Waals surface area contributed by atoms with Crippen LogP contribution in [0.3, 0.4) is 0 Å². The number of thiazole rings is 1. The molecule has 0 aliphatic rings. The Morgan fingerprint density at radius 2 is 1.92 bits per heavy atom. The quantitative estimate of drug-likeness (QED) is 0.737. The van der Waals surface area contributed by atoms with Gasteiger partial charge < -0.3 is 5.32 Å². The van der Waals surface area contributed by atoms with E-state index >= 15 is 0 Å². The lowest BCUT2D eigenvalue weighted by Gasteiger charge is -2.15. The molecular formula is C18H23N3O2S. The fourth-order valence-electron chi connectivity index (χ4n) is 2.54. The van der Waals surface area contributed by atoms with E-state index in [4.69, 9.17) is 0 Å². The smallest absolute Gasteiger partial charge is 0.257 e. The van der Waals surface area contributed by atoms with Crippen LogP contribution in [0.4, 0.5) is 10.8 Å². The van der Waals surface area contributed by atoms with Crippen LogP contribution < -0.4 is 10.6 Å². The predicted octanol–water partition coefficient (Wildman–Crippen LogP) is 4.55. The lowest BCUT2D eigenvalue weighted by molar-refractivity contribution is -0.120. The largest absolute Gasteiger partial charge is 0.326 e. The van der Waals surface area contributed by atoms with E-state index in [1.54, 1.807) is 35.8 Å². The third-order valence-electron chi connectivity index (χ3n) is 3.69. The number of rotatable bonds is 8. The number of benzene rings is 1. The van der Waals surface area contributed by atoms with Crippen LogP contribution >= 0.6 is 11.3 Å². The molecule has 24 heavy (non-hydrogen) atoms. The Labute approximate surface area is 146 Å². The van der Waals surface area contributed by atoms with Gasteiger partial charge in [-0.05, 0) is 31.0 Å². The van der Waals surface area contributed by atoms with Crippen molar-refractivity contribution in [1.82, 2.24) is 4.98 Å². The molecule has 0 saturated heterocycles. The van der Waals surface area contributed by atoms with Gasteiger partial charge in [-0.2, -0.15) is 0 Å². The minimum absolute atomic E-state index is 0.0211. The lowest BCUT2D eigenvalue weighted by atomic mass is 9.97. The highest BCUT2D eigenvalue weighted by Crippen LogP contribution is 2.19. The molecule has 2 amide bonds. The lowest BCUT2D eigenvalue weighted by Crippen LogP contribution is -2.23. The molecule has 0 aliphatic carbocycles. The fraction of sp³-hybridized carbons (Fsp3) is 0.389. The molecule has 1 heterocycles. The van der Waals surface area contributed by atoms with Gasteiger partial charge >= 0.3 is 0 Å². The molecule has 128 valence electrons. The molecule has 0 bridgehead atoms. The van der Waals surface area contributed by atoms with Crippen molar-refractivity contribution in [2.24, 2.45) is 5.92 Å². The molecule has 1 aromatic heterocycles. The average Bonchev–Trinajstić information content (AvgIpc) is 3.08. The van der Waals surface area contributed by atoms with E-state index in [1.165, 1.54) is 11.3 Å². The van der Waals surface area contributed by atoms with Crippen molar-refractivity contribution >= 4 is 34.0 Å². The number of carbonyl (C=O) groups excluding carboxylic acids is 2. The van der Waals surface area contributed by atoms with Gasteiger partial charge in [0.2, 0.25) is 5.91 Å². The monoisotopic (exact) mass is 345 g/mol. The minimum atomic E-state index is -0.236. The number of hydrogen-bond donors (Lipinski definition) is 2. The molecule has 5 nitrogen and oxygen atoms in total. The van der Waals surface area contributed by atoms with Crippen LogP contribution in [-0.2, 0) is 4.79 Å². The third kappa shape index (κ3) is 5.16. The average molecular weight is 345 g/mol. The topological polar surface area (TPSA) is 71.1 Å². The molecule has 0 aliphatic heterocycles. The maximum Gasteiger partial charge on any atom is 0.257 e. The van der Waals surface area contributed by atoms with Crippen molar-refractivity contribution in [3.63, 3.8) is 0 Å². The molecule has 2 aromatic rings. The minimum Gasteiger partial charge on any atom is -0.326 e. The van der Waals surface area contributed by atoms with Crippen LogP contribution in [0.5, 0.6) is 0 Å². The highest BCUT2D eigenvalue weighted by molar-refractivity contribution is 7.13. The Kier molecular flexibility index (Phi) is 6.93. The zero-order valence-corrected chi connectivity index (χ0v) is 14.9. The second-order valence-corrected chi connectivity index (χ2v) is 6.53. The predicted molar refractivity (Wildman–Crippen MR) is 98.4 cm³/mol. The number of amides is 2. The van der Waals surface area contributed by atoms with E-state index in [9.17, 15) is 9.59 Å². The normalized spacial score (nSPS) is 10.6. The summed E-state index contributed by atoms with van der Waals surface area (Å²) in [5.41, 5.74) is 1.13. The van der Waals surface area contributed by atoms with Crippen LogP contribution in [0.1, 0.15) is 49.9 Å². The van der Waals surface area contributed by atoms with Gasteiger partial charge in [0.05, 0.1) is 0 Å². The van der Waals surface area contributed by atoms with Gasteiger partial charge in [0.25, 0.3) is 5.91 Å². The van der Waals surface area contributed by atoms with Crippen LogP contribution in [0.2, 0.25) is 0 Å². The second-order valence-electron chi connectivity index (χ2n) is 5.64. The summed E-state index contributed by atoms with van der Waals surface area (Å²) in [5, 5.41) is 8.03. The molecule has 0 atom stereocenters. The highest BCUT2D eigenvalue weighted by atomic mass is 32.1. The van der Waals surface area contributed by atoms with Gasteiger partial charge in [-0.1, -0.05) is 32.8 Å². The molecule has 0 radical (unpaired) electrons. The number of carbonyl (C=O) groups is 2. The molecule has 0 saturated carbocycles. The Hall–Kier alpha value is -2.21. The zero-order valence-electron chi connectivity index (χ0n) is 14.0. The van der Waals surface area contributed by atoms with E-state index in [-0.39, 0.29) is 17.7 Å². The second kappa shape index (κ2) is 9.17. The Bertz CT molecular complexity index is 665. The first-order valence-corrected chi connectivity index (χ1v) is 9.13. The summed E-state index contributed by atoms with van der Waals surface area (Å²) in [5.74, 6) is -0.191. The first-order valence-electron chi connectivity index (χ1n) is 8.25. The van der Waals surface area contributed by atoms with Crippen LogP contribution in [-0.4, -0.2) is 16.8 Å². The van der Waals surface area contributed by atoms with Crippen LogP contribution in [0, 0.1) is 5.92 Å². The van der Waals surface area contributed by atoms with Crippen molar-refractivity contribution in [2.45, 2.75) is 39.5 Å². The number of anilines is 2. The summed E-state index contributed by atoms with van der Waals surface area (Å²) >= 11 is 1.36. The molecule has 0 spiro atoms. The van der Waals surface area contributed by atoms with Gasteiger partial charge in [-0.25, -0.2) is 4.98 Å². The molecule has 0 unspecified atom stereocenters. The standard InChI is InChI=1S/C18H23N3O2S/c1-3-6-13(7-4-2)16(22)20-15-9-5-8-14(12-15)17(23)21-18-19-10-11-24-18/h5,8-13H,3-4,6-7H2,1-2H3,(H,20,22)(H,19,21,23). The Morgan fingerprint density at radius 3 is 2.54 bits per heavy atom. The highest BCUT2D eigenvalue weighted by Gasteiger charge is 2.17. The van der Waals surface area contributed by atoms with Crippen molar-refractivity contribution in [1.29, 1.82) is 0 Å². The summed E-state index contributed by atoms with van der Waals surface area (Å²) < 4.78 is 0. The summed E-state index contributed by atoms with van der Waals surface area (Å²) in [7, 11) is 0. The van der Waals surface area contributed by atoms with Crippen molar-refractivity contribution in [2.75, 3.05) is 10.6 Å². The van der Waals surface area contributed by atoms with Gasteiger partial charge in [-0.3, -0.25) is 14.9 Å². The molecule has 2 rings (SSSR count). The molecule has 2 N–H and O–H groups in total. The maximum atomic E-state index is 12.4. The van der Waals surface area contributed by atoms with Crippen molar-refractivity contribution in [3.05, 3.63) is 41.4 Å². The summed E-state index contributed by atoms with van der Waals surface area (Å²) in [6, 6.07) is 6.97. The first kappa shape index (κ1) is 18.1. The van der Waals surface area contributed by atoms with Gasteiger partial charge in [0, 0.05) is 28.7 Å². The van der Waals surface area contributed by atoms with E-state index in [1.807, 2.05) is 0 Å². The molecule has 0 fully saturated rings. The maximum absolute atomic E-state index is 12.4. The molecule has 1 aromatic carbocycles. The molecule has 6 heteroatoms. The SMILES string of the molecule is CCCC(CCC)C(=O)Nc1cccc(C(=O)Nc2nccs2)c1. The first-order chi connectivity index (χ1) is 11.6. The zero-order chi connectivity index (χ0) is 17.4. The van der Waals surface area contributed by atoms with Crippen molar-refractivity contribution < 1.29 is 9.59 Å². The van der Waals surface area contributed by atoms with E-state index in [2.05, 4.69) is 29.5 Å². The van der Waals surface area contributed by atoms with Crippen LogP contribution in [0.25, 0.3) is 0 Å². The summed E-state index contributed by atoms with van der Waals surface area (Å²) in [6.07, 6.45) is 5.36. The van der Waals surface area contributed by atoms with Crippen LogP contribution in [0.15, 0.2) is 35.8 Å². The number of aromatic nitrogens is 1. The Morgan fingerprint density at radius 1 is 1.17 bits per heavy atom. The summed E-state index contributed by atoms with van der Waals surface area (Å²) in [6.45, 7) is 4.17. The Balaban J connectivity index is 2.03. The number of nitrogens with zero attached hydrogens (tertiary/aromatic N) is 1. The summed E-state index contributed by atoms with van der Waals surface area (Å²) in [4.78, 5) is 28.7. The molecular weight excluding hydrogens is 322 g/mol. The van der Waals surface area contributed by atoms with Gasteiger partial charge in [-0.15, -0.1) is 11.3 Å². The third-order valence-corrected chi connectivity index (χ3v) is 4.38. The number of hydrogen-bond acceptors (Lipinski definition) is 4. The van der Waals surface area contributed by atoms with E-state index in [0.29, 0.717) is 16.4 Å². The van der Waals surface area contributed by atoms with Crippen molar-refractivity contribution in [3.8, 4) is 0 Å². The fourth-order valence-corrected chi connectivity index (χ4v) is 3.06. The van der Waals surface area contributed by atoms with Gasteiger partial charge in [0.15, 0.2) is 5.13 Å².